The smallest absolute Gasteiger partial charge is 0.258 e. The van der Waals surface area contributed by atoms with Crippen molar-refractivity contribution in [3.8, 4) is 17.2 Å². The van der Waals surface area contributed by atoms with Crippen molar-refractivity contribution in [3.63, 3.8) is 0 Å². The molecule has 6 heteroatoms. The summed E-state index contributed by atoms with van der Waals surface area (Å²) < 4.78 is 17.0. The maximum atomic E-state index is 12.4. The topological polar surface area (TPSA) is 56.8 Å². The number of rotatable bonds is 6. The highest BCUT2D eigenvalue weighted by Crippen LogP contribution is 2.34. The predicted molar refractivity (Wildman–Crippen MR) is 105 cm³/mol. The van der Waals surface area contributed by atoms with Crippen LogP contribution in [-0.2, 0) is 4.79 Å². The van der Waals surface area contributed by atoms with Gasteiger partial charge in [0, 0.05) is 6.42 Å². The Kier molecular flexibility index (Phi) is 6.45. The van der Waals surface area contributed by atoms with Gasteiger partial charge in [0.2, 0.25) is 0 Å². The van der Waals surface area contributed by atoms with Crippen LogP contribution < -0.4 is 19.5 Å². The summed E-state index contributed by atoms with van der Waals surface area (Å²) in [7, 11) is 0. The van der Waals surface area contributed by atoms with Gasteiger partial charge in [0.25, 0.3) is 5.91 Å². The van der Waals surface area contributed by atoms with Gasteiger partial charge in [0.05, 0.1) is 24.3 Å². The van der Waals surface area contributed by atoms with E-state index in [0.29, 0.717) is 24.0 Å². The highest BCUT2D eigenvalue weighted by atomic mass is 35.5. The molecule has 27 heavy (non-hydrogen) atoms. The number of benzene rings is 2. The molecular weight excluding hydrogens is 366 g/mol. The molecule has 0 aliphatic carbocycles. The van der Waals surface area contributed by atoms with Gasteiger partial charge in [-0.3, -0.25) is 4.79 Å². The second-order valence-corrected chi connectivity index (χ2v) is 7.17. The number of para-hydroxylation sites is 1. The van der Waals surface area contributed by atoms with Crippen LogP contribution in [0.1, 0.15) is 31.9 Å². The van der Waals surface area contributed by atoms with Crippen LogP contribution in [0.5, 0.6) is 17.2 Å². The molecule has 0 saturated carbocycles. The molecule has 1 aliphatic rings. The number of halogens is 1. The summed E-state index contributed by atoms with van der Waals surface area (Å²) in [6.07, 6.45) is 0.855. The van der Waals surface area contributed by atoms with Crippen molar-refractivity contribution in [3.05, 3.63) is 53.1 Å². The molecule has 0 fully saturated rings. The second-order valence-electron chi connectivity index (χ2n) is 6.76. The lowest BCUT2D eigenvalue weighted by atomic mass is 9.95. The summed E-state index contributed by atoms with van der Waals surface area (Å²) >= 11 is 6.06. The van der Waals surface area contributed by atoms with E-state index in [1.807, 2.05) is 30.3 Å². The third kappa shape index (κ3) is 5.07. The summed E-state index contributed by atoms with van der Waals surface area (Å²) in [5.74, 6) is 1.94. The molecule has 3 rings (SSSR count). The number of amides is 1. The lowest BCUT2D eigenvalue weighted by molar-refractivity contribution is -0.124. The van der Waals surface area contributed by atoms with Crippen molar-refractivity contribution in [1.29, 1.82) is 0 Å². The molecule has 2 aromatic rings. The van der Waals surface area contributed by atoms with E-state index in [4.69, 9.17) is 25.8 Å². The molecule has 1 aliphatic heterocycles. The Morgan fingerprint density at radius 1 is 1.15 bits per heavy atom. The average Bonchev–Trinajstić information content (AvgIpc) is 2.90. The van der Waals surface area contributed by atoms with Gasteiger partial charge in [-0.05, 0) is 35.7 Å². The fourth-order valence-electron chi connectivity index (χ4n) is 2.93. The van der Waals surface area contributed by atoms with Crippen LogP contribution in [0, 0.1) is 5.92 Å². The Balaban J connectivity index is 1.68. The van der Waals surface area contributed by atoms with Crippen LogP contribution >= 0.6 is 11.6 Å². The molecule has 0 radical (unpaired) electrons. The first-order chi connectivity index (χ1) is 13.0. The van der Waals surface area contributed by atoms with Gasteiger partial charge in [-0.15, -0.1) is 0 Å². The van der Waals surface area contributed by atoms with Gasteiger partial charge in [-0.25, -0.2) is 0 Å². The van der Waals surface area contributed by atoms with E-state index < -0.39 is 0 Å². The quantitative estimate of drug-likeness (QED) is 0.795. The third-order valence-electron chi connectivity index (χ3n) is 4.31. The van der Waals surface area contributed by atoms with Crippen LogP contribution in [-0.4, -0.2) is 25.7 Å². The van der Waals surface area contributed by atoms with Gasteiger partial charge in [0.1, 0.15) is 5.75 Å². The van der Waals surface area contributed by atoms with Crippen molar-refractivity contribution >= 4 is 17.5 Å². The van der Waals surface area contributed by atoms with Crippen molar-refractivity contribution in [1.82, 2.24) is 5.32 Å². The number of ether oxygens (including phenoxy) is 3. The Labute approximate surface area is 164 Å². The van der Waals surface area contributed by atoms with Gasteiger partial charge < -0.3 is 19.5 Å². The van der Waals surface area contributed by atoms with E-state index >= 15 is 0 Å². The zero-order valence-electron chi connectivity index (χ0n) is 15.5. The summed E-state index contributed by atoms with van der Waals surface area (Å²) in [6.45, 7) is 5.29. The van der Waals surface area contributed by atoms with Crippen molar-refractivity contribution in [2.24, 2.45) is 5.92 Å². The first kappa shape index (κ1) is 19.4. The number of hydrogen-bond acceptors (Lipinski definition) is 4. The minimum absolute atomic E-state index is 0.0997. The standard InChI is InChI=1S/C21H24ClNO4/c1-14(2)21(15-8-9-18-19(12-15)26-11-5-10-25-18)23-20(24)13-27-17-7-4-3-6-16(17)22/h3-4,6-9,12,14,21H,5,10-11,13H2,1-2H3,(H,23,24). The highest BCUT2D eigenvalue weighted by Gasteiger charge is 2.21. The van der Waals surface area contributed by atoms with E-state index in [-0.39, 0.29) is 24.5 Å². The van der Waals surface area contributed by atoms with Gasteiger partial charge in [-0.1, -0.05) is 43.6 Å². The first-order valence-corrected chi connectivity index (χ1v) is 9.48. The van der Waals surface area contributed by atoms with E-state index in [2.05, 4.69) is 19.2 Å². The number of carbonyl (C=O) groups is 1. The van der Waals surface area contributed by atoms with Crippen LogP contribution in [0.3, 0.4) is 0 Å². The van der Waals surface area contributed by atoms with E-state index in [1.54, 1.807) is 12.1 Å². The summed E-state index contributed by atoms with van der Waals surface area (Å²) in [5.41, 5.74) is 0.973. The summed E-state index contributed by atoms with van der Waals surface area (Å²) in [6, 6.07) is 12.7. The highest BCUT2D eigenvalue weighted by molar-refractivity contribution is 6.32. The van der Waals surface area contributed by atoms with E-state index in [9.17, 15) is 4.79 Å². The number of fused-ring (bicyclic) bond motifs is 1. The molecule has 2 aromatic carbocycles. The Morgan fingerprint density at radius 2 is 1.89 bits per heavy atom. The molecule has 0 spiro atoms. The molecule has 1 amide bonds. The lowest BCUT2D eigenvalue weighted by Crippen LogP contribution is -2.35. The number of hydrogen-bond donors (Lipinski definition) is 1. The second kappa shape index (κ2) is 9.00. The molecule has 0 aromatic heterocycles. The fourth-order valence-corrected chi connectivity index (χ4v) is 3.12. The third-order valence-corrected chi connectivity index (χ3v) is 4.62. The number of carbonyl (C=O) groups excluding carboxylic acids is 1. The molecule has 0 saturated heterocycles. The number of nitrogens with one attached hydrogen (secondary N) is 1. The lowest BCUT2D eigenvalue weighted by Gasteiger charge is -2.24. The van der Waals surface area contributed by atoms with Gasteiger partial charge in [-0.2, -0.15) is 0 Å². The minimum atomic E-state index is -0.208. The molecule has 1 N–H and O–H groups in total. The predicted octanol–water partition coefficient (Wildman–Crippen LogP) is 4.39. The van der Waals surface area contributed by atoms with Gasteiger partial charge in [0.15, 0.2) is 18.1 Å². The van der Waals surface area contributed by atoms with E-state index in [1.165, 1.54) is 0 Å². The molecule has 1 atom stereocenters. The minimum Gasteiger partial charge on any atom is -0.490 e. The van der Waals surface area contributed by atoms with E-state index in [0.717, 1.165) is 23.5 Å². The maximum absolute atomic E-state index is 12.4. The Bertz CT molecular complexity index is 794. The molecule has 5 nitrogen and oxygen atoms in total. The zero-order valence-corrected chi connectivity index (χ0v) is 16.3. The monoisotopic (exact) mass is 389 g/mol. The zero-order chi connectivity index (χ0) is 19.2. The largest absolute Gasteiger partial charge is 0.490 e. The van der Waals surface area contributed by atoms with Crippen LogP contribution in [0.4, 0.5) is 0 Å². The van der Waals surface area contributed by atoms with Crippen LogP contribution in [0.2, 0.25) is 5.02 Å². The summed E-state index contributed by atoms with van der Waals surface area (Å²) in [4.78, 5) is 12.4. The Hall–Kier alpha value is -2.40. The van der Waals surface area contributed by atoms with Gasteiger partial charge >= 0.3 is 0 Å². The average molecular weight is 390 g/mol. The van der Waals surface area contributed by atoms with Crippen LogP contribution in [0.15, 0.2) is 42.5 Å². The molecule has 144 valence electrons. The molecular formula is C21H24ClNO4. The SMILES string of the molecule is CC(C)C(NC(=O)COc1ccccc1Cl)c1ccc2c(c1)OCCCO2. The molecule has 0 bridgehead atoms. The first-order valence-electron chi connectivity index (χ1n) is 9.11. The maximum Gasteiger partial charge on any atom is 0.258 e. The molecule has 1 unspecified atom stereocenters. The van der Waals surface area contributed by atoms with Crippen LogP contribution in [0.25, 0.3) is 0 Å². The molecule has 1 heterocycles. The normalized spacial score (nSPS) is 14.4. The van der Waals surface area contributed by atoms with Crippen molar-refractivity contribution in [2.45, 2.75) is 26.3 Å². The van der Waals surface area contributed by atoms with Crippen molar-refractivity contribution in [2.75, 3.05) is 19.8 Å². The summed E-state index contributed by atoms with van der Waals surface area (Å²) in [5, 5.41) is 3.52. The Morgan fingerprint density at radius 3 is 2.63 bits per heavy atom. The van der Waals surface area contributed by atoms with Crippen molar-refractivity contribution < 1.29 is 19.0 Å². The fraction of sp³-hybridized carbons (Fsp3) is 0.381.